The van der Waals surface area contributed by atoms with Crippen molar-refractivity contribution in [3.8, 4) is 17.0 Å². The number of carbonyl (C=O) groups is 1. The summed E-state index contributed by atoms with van der Waals surface area (Å²) < 4.78 is 1.17. The summed E-state index contributed by atoms with van der Waals surface area (Å²) in [5.74, 6) is -0.799. The number of phenolic OH excluding ortho intramolecular Hbond substituents is 1. The number of benzene rings is 2. The van der Waals surface area contributed by atoms with E-state index < -0.39 is 11.5 Å². The smallest absolute Gasteiger partial charge is 0.294 e. The van der Waals surface area contributed by atoms with Crippen LogP contribution in [0.5, 0.6) is 5.75 Å². The second kappa shape index (κ2) is 8.35. The quantitative estimate of drug-likeness (QED) is 0.193. The number of nitrogen functional groups attached to an aromatic ring is 3. The number of phenols is 1. The first-order valence-corrected chi connectivity index (χ1v) is 8.90. The molecule has 0 bridgehead atoms. The minimum absolute atomic E-state index is 0.0413. The molecule has 0 aliphatic heterocycles. The van der Waals surface area contributed by atoms with Gasteiger partial charge >= 0.3 is 0 Å². The lowest BCUT2D eigenvalue weighted by molar-refractivity contribution is -0.121. The Morgan fingerprint density at radius 1 is 1.17 bits per heavy atom. The first-order chi connectivity index (χ1) is 14.2. The number of amidine groups is 1. The molecule has 1 heterocycles. The first kappa shape index (κ1) is 20.4. The number of amides is 1. The van der Waals surface area contributed by atoms with Crippen molar-refractivity contribution >= 4 is 23.2 Å². The molecule has 0 aliphatic rings. The van der Waals surface area contributed by atoms with Crippen molar-refractivity contribution in [2.75, 3.05) is 11.5 Å². The minimum atomic E-state index is -0.629. The Morgan fingerprint density at radius 2 is 1.87 bits per heavy atom. The van der Waals surface area contributed by atoms with Crippen molar-refractivity contribution in [1.82, 2.24) is 14.9 Å². The number of rotatable bonds is 6. The summed E-state index contributed by atoms with van der Waals surface area (Å²) in [6.07, 6.45) is 1.35. The molecular formula is C20H21N7O3. The van der Waals surface area contributed by atoms with Gasteiger partial charge in [0.05, 0.1) is 11.9 Å². The molecule has 1 aromatic heterocycles. The average Bonchev–Trinajstić information content (AvgIpc) is 2.69. The molecule has 9 N–H and O–H groups in total. The monoisotopic (exact) mass is 407 g/mol. The predicted octanol–water partition coefficient (Wildman–Crippen LogP) is 0.381. The van der Waals surface area contributed by atoms with E-state index >= 15 is 0 Å². The fourth-order valence-electron chi connectivity index (χ4n) is 2.88. The van der Waals surface area contributed by atoms with Gasteiger partial charge < -0.3 is 27.6 Å². The van der Waals surface area contributed by atoms with Crippen LogP contribution in [0, 0.1) is 5.41 Å². The van der Waals surface area contributed by atoms with Crippen LogP contribution >= 0.6 is 0 Å². The van der Waals surface area contributed by atoms with Crippen LogP contribution in [-0.4, -0.2) is 26.4 Å². The Balaban J connectivity index is 1.81. The Labute approximate surface area is 171 Å². The Hall–Kier alpha value is -4.34. The van der Waals surface area contributed by atoms with Crippen LogP contribution in [-0.2, 0) is 17.9 Å². The molecule has 154 valence electrons. The van der Waals surface area contributed by atoms with Gasteiger partial charge in [0.15, 0.2) is 5.82 Å². The van der Waals surface area contributed by atoms with Crippen LogP contribution < -0.4 is 28.1 Å². The van der Waals surface area contributed by atoms with Crippen molar-refractivity contribution in [3.05, 3.63) is 70.1 Å². The highest BCUT2D eigenvalue weighted by molar-refractivity contribution is 5.94. The largest absolute Gasteiger partial charge is 0.508 e. The fraction of sp³-hybridized carbons (Fsp3) is 0.100. The highest BCUT2D eigenvalue weighted by Crippen LogP contribution is 2.25. The van der Waals surface area contributed by atoms with Gasteiger partial charge in [-0.25, -0.2) is 4.98 Å². The topological polar surface area (TPSA) is 186 Å². The van der Waals surface area contributed by atoms with Crippen LogP contribution in [0.3, 0.4) is 0 Å². The zero-order chi connectivity index (χ0) is 21.8. The van der Waals surface area contributed by atoms with E-state index in [4.69, 9.17) is 22.6 Å². The van der Waals surface area contributed by atoms with Crippen LogP contribution in [0.25, 0.3) is 11.3 Å². The predicted molar refractivity (Wildman–Crippen MR) is 114 cm³/mol. The molecule has 10 nitrogen and oxygen atoms in total. The number of nitrogens with one attached hydrogen (secondary N) is 2. The summed E-state index contributed by atoms with van der Waals surface area (Å²) in [6.45, 7) is -0.0806. The van der Waals surface area contributed by atoms with E-state index in [1.54, 1.807) is 30.3 Å². The standard InChI is InChI=1S/C20H21N7O3/c21-14-5-13(6-15(28)7-14)16-9-26-19(24)20(30)27(16)10-17(29)25-8-11-1-3-12(4-2-11)18(22)23/h1-7,9,28H,8,10,21H2,(H3,22,23)(H2,24,26)(H,25,29). The van der Waals surface area contributed by atoms with Crippen molar-refractivity contribution in [2.45, 2.75) is 13.1 Å². The van der Waals surface area contributed by atoms with E-state index in [0.29, 0.717) is 16.8 Å². The Morgan fingerprint density at radius 3 is 2.50 bits per heavy atom. The molecule has 0 saturated carbocycles. The summed E-state index contributed by atoms with van der Waals surface area (Å²) >= 11 is 0. The summed E-state index contributed by atoms with van der Waals surface area (Å²) in [6, 6.07) is 11.2. The summed E-state index contributed by atoms with van der Waals surface area (Å²) in [5.41, 5.74) is 18.6. The maximum atomic E-state index is 12.5. The molecule has 30 heavy (non-hydrogen) atoms. The molecule has 3 aromatic rings. The number of nitrogens with zero attached hydrogens (tertiary/aromatic N) is 2. The molecule has 0 fully saturated rings. The van der Waals surface area contributed by atoms with Crippen LogP contribution in [0.1, 0.15) is 11.1 Å². The average molecular weight is 407 g/mol. The number of aromatic nitrogens is 2. The van der Waals surface area contributed by atoms with Gasteiger partial charge in [-0.05, 0) is 17.7 Å². The van der Waals surface area contributed by atoms with Crippen LogP contribution in [0.4, 0.5) is 11.5 Å². The molecule has 0 unspecified atom stereocenters. The molecule has 0 saturated heterocycles. The maximum absolute atomic E-state index is 12.5. The normalized spacial score (nSPS) is 10.5. The molecule has 3 rings (SSSR count). The molecule has 2 aromatic carbocycles. The van der Waals surface area contributed by atoms with E-state index in [0.717, 1.165) is 5.56 Å². The fourth-order valence-corrected chi connectivity index (χ4v) is 2.88. The van der Waals surface area contributed by atoms with Gasteiger partial charge in [-0.1, -0.05) is 24.3 Å². The van der Waals surface area contributed by atoms with Gasteiger partial charge in [0.25, 0.3) is 5.56 Å². The van der Waals surface area contributed by atoms with Crippen molar-refractivity contribution in [3.63, 3.8) is 0 Å². The Kier molecular flexibility index (Phi) is 5.68. The van der Waals surface area contributed by atoms with E-state index in [9.17, 15) is 14.7 Å². The van der Waals surface area contributed by atoms with Gasteiger partial charge in [0.1, 0.15) is 18.1 Å². The van der Waals surface area contributed by atoms with E-state index in [-0.39, 0.29) is 36.2 Å². The SMILES string of the molecule is N=C(N)c1ccc(CNC(=O)Cn2c(-c3cc(N)cc(O)c3)cnc(N)c2=O)cc1. The molecule has 10 heteroatoms. The third-order valence-corrected chi connectivity index (χ3v) is 4.37. The number of anilines is 2. The molecule has 1 amide bonds. The number of nitrogens with two attached hydrogens (primary N) is 3. The minimum Gasteiger partial charge on any atom is -0.508 e. The maximum Gasteiger partial charge on any atom is 0.294 e. The van der Waals surface area contributed by atoms with Gasteiger partial charge in [-0.15, -0.1) is 0 Å². The number of aromatic hydroxyl groups is 1. The number of hydrogen-bond donors (Lipinski definition) is 6. The Bertz CT molecular complexity index is 1150. The molecule has 0 atom stereocenters. The second-order valence-corrected chi connectivity index (χ2v) is 6.62. The highest BCUT2D eigenvalue weighted by Gasteiger charge is 2.14. The lowest BCUT2D eigenvalue weighted by Crippen LogP contribution is -2.34. The van der Waals surface area contributed by atoms with Crippen LogP contribution in [0.15, 0.2) is 53.5 Å². The number of carbonyl (C=O) groups excluding carboxylic acids is 1. The summed E-state index contributed by atoms with van der Waals surface area (Å²) in [7, 11) is 0. The third kappa shape index (κ3) is 4.55. The van der Waals surface area contributed by atoms with Crippen LogP contribution in [0.2, 0.25) is 0 Å². The second-order valence-electron chi connectivity index (χ2n) is 6.62. The van der Waals surface area contributed by atoms with E-state index in [1.165, 1.54) is 22.9 Å². The zero-order valence-electron chi connectivity index (χ0n) is 15.9. The van der Waals surface area contributed by atoms with Crippen molar-refractivity contribution < 1.29 is 9.90 Å². The highest BCUT2D eigenvalue weighted by atomic mass is 16.3. The van der Waals surface area contributed by atoms with Gasteiger partial charge in [0.2, 0.25) is 5.91 Å². The summed E-state index contributed by atoms with van der Waals surface area (Å²) in [5, 5.41) is 19.9. The zero-order valence-corrected chi connectivity index (χ0v) is 15.9. The molecular weight excluding hydrogens is 386 g/mol. The van der Waals surface area contributed by atoms with Crippen molar-refractivity contribution in [2.24, 2.45) is 5.73 Å². The molecule has 0 aliphatic carbocycles. The molecule has 0 radical (unpaired) electrons. The summed E-state index contributed by atoms with van der Waals surface area (Å²) in [4.78, 5) is 28.9. The van der Waals surface area contributed by atoms with Gasteiger partial charge in [0, 0.05) is 29.4 Å². The third-order valence-electron chi connectivity index (χ3n) is 4.37. The van der Waals surface area contributed by atoms with Crippen molar-refractivity contribution in [1.29, 1.82) is 5.41 Å². The number of hydrogen-bond acceptors (Lipinski definition) is 7. The van der Waals surface area contributed by atoms with E-state index in [1.807, 2.05) is 0 Å². The van der Waals surface area contributed by atoms with Gasteiger partial charge in [-0.2, -0.15) is 0 Å². The van der Waals surface area contributed by atoms with E-state index in [2.05, 4.69) is 10.3 Å². The molecule has 0 spiro atoms. The van der Waals surface area contributed by atoms with Gasteiger partial charge in [-0.3, -0.25) is 19.6 Å². The first-order valence-electron chi connectivity index (χ1n) is 8.90. The lowest BCUT2D eigenvalue weighted by Gasteiger charge is -2.14. The lowest BCUT2D eigenvalue weighted by atomic mass is 10.1.